The van der Waals surface area contributed by atoms with Gasteiger partial charge in [-0.15, -0.1) is 11.3 Å². The van der Waals surface area contributed by atoms with Crippen LogP contribution in [-0.2, 0) is 11.2 Å². The monoisotopic (exact) mass is 241 g/mol. The molecule has 1 aromatic rings. The van der Waals surface area contributed by atoms with E-state index in [0.717, 1.165) is 30.1 Å². The number of carbonyl (C=O) groups is 1. The van der Waals surface area contributed by atoms with Gasteiger partial charge in [-0.2, -0.15) is 0 Å². The average molecular weight is 241 g/mol. The molecule has 1 amide bonds. The van der Waals surface area contributed by atoms with Gasteiger partial charge in [-0.3, -0.25) is 4.79 Å². The van der Waals surface area contributed by atoms with Crippen LogP contribution < -0.4 is 10.6 Å². The Bertz CT molecular complexity index is 325. The van der Waals surface area contributed by atoms with Crippen LogP contribution in [0.25, 0.3) is 0 Å². The van der Waals surface area contributed by atoms with E-state index in [9.17, 15) is 4.79 Å². The van der Waals surface area contributed by atoms with Crippen LogP contribution in [0, 0.1) is 6.92 Å². The van der Waals surface area contributed by atoms with Crippen molar-refractivity contribution >= 4 is 17.2 Å². The molecule has 0 bridgehead atoms. The maximum Gasteiger partial charge on any atom is 0.233 e. The Labute approximate surface area is 100 Å². The molecule has 0 saturated heterocycles. The molecule has 4 nitrogen and oxygen atoms in total. The highest BCUT2D eigenvalue weighted by atomic mass is 32.1. The summed E-state index contributed by atoms with van der Waals surface area (Å²) < 4.78 is 0. The molecule has 1 aromatic heterocycles. The molecule has 0 spiro atoms. The third-order valence-electron chi connectivity index (χ3n) is 2.08. The summed E-state index contributed by atoms with van der Waals surface area (Å²) in [6, 6.07) is 0. The molecule has 0 radical (unpaired) electrons. The largest absolute Gasteiger partial charge is 0.355 e. The van der Waals surface area contributed by atoms with Gasteiger partial charge < -0.3 is 10.6 Å². The van der Waals surface area contributed by atoms with E-state index in [1.807, 2.05) is 12.3 Å². The lowest BCUT2D eigenvalue weighted by molar-refractivity contribution is -0.120. The van der Waals surface area contributed by atoms with Gasteiger partial charge in [0, 0.05) is 18.3 Å². The molecule has 0 unspecified atom stereocenters. The van der Waals surface area contributed by atoms with E-state index in [-0.39, 0.29) is 5.91 Å². The molecule has 0 fully saturated rings. The molecule has 1 rings (SSSR count). The third kappa shape index (κ3) is 5.23. The molecule has 16 heavy (non-hydrogen) atoms. The number of hydrogen-bond donors (Lipinski definition) is 2. The molecule has 1 heterocycles. The van der Waals surface area contributed by atoms with E-state index in [2.05, 4.69) is 22.5 Å². The molecule has 0 saturated carbocycles. The van der Waals surface area contributed by atoms with Crippen molar-refractivity contribution in [2.45, 2.75) is 26.7 Å². The van der Waals surface area contributed by atoms with E-state index in [1.165, 1.54) is 0 Å². The fourth-order valence-electron chi connectivity index (χ4n) is 1.29. The zero-order valence-electron chi connectivity index (χ0n) is 9.88. The van der Waals surface area contributed by atoms with Crippen molar-refractivity contribution in [1.82, 2.24) is 15.6 Å². The summed E-state index contributed by atoms with van der Waals surface area (Å²) >= 11 is 1.64. The van der Waals surface area contributed by atoms with Gasteiger partial charge in [0.15, 0.2) is 0 Å². The second kappa shape index (κ2) is 7.35. The Kier molecular flexibility index (Phi) is 6.03. The fourth-order valence-corrected chi connectivity index (χ4v) is 1.94. The number of nitrogens with zero attached hydrogens (tertiary/aromatic N) is 1. The first kappa shape index (κ1) is 13.1. The van der Waals surface area contributed by atoms with Crippen molar-refractivity contribution in [1.29, 1.82) is 0 Å². The predicted molar refractivity (Wildman–Crippen MR) is 66.7 cm³/mol. The van der Waals surface area contributed by atoms with Crippen LogP contribution in [0.3, 0.4) is 0 Å². The number of carbonyl (C=O) groups excluding carboxylic acids is 1. The number of aryl methyl sites for hydroxylation is 1. The number of rotatable bonds is 7. The Morgan fingerprint density at radius 2 is 2.31 bits per heavy atom. The first-order chi connectivity index (χ1) is 7.72. The van der Waals surface area contributed by atoms with Gasteiger partial charge in [-0.1, -0.05) is 6.92 Å². The Morgan fingerprint density at radius 1 is 1.50 bits per heavy atom. The number of nitrogens with one attached hydrogen (secondary N) is 2. The van der Waals surface area contributed by atoms with Gasteiger partial charge in [-0.05, 0) is 19.9 Å². The van der Waals surface area contributed by atoms with Crippen molar-refractivity contribution in [2.24, 2.45) is 0 Å². The smallest absolute Gasteiger partial charge is 0.233 e. The van der Waals surface area contributed by atoms with Crippen LogP contribution in [0.15, 0.2) is 5.38 Å². The van der Waals surface area contributed by atoms with Crippen LogP contribution in [0.5, 0.6) is 0 Å². The minimum atomic E-state index is 0.0559. The lowest BCUT2D eigenvalue weighted by Gasteiger charge is -2.04. The van der Waals surface area contributed by atoms with E-state index in [1.54, 1.807) is 11.3 Å². The van der Waals surface area contributed by atoms with Gasteiger partial charge in [0.05, 0.1) is 17.2 Å². The average Bonchev–Trinajstić information content (AvgIpc) is 2.65. The lowest BCUT2D eigenvalue weighted by Crippen LogP contribution is -2.35. The first-order valence-corrected chi connectivity index (χ1v) is 6.48. The summed E-state index contributed by atoms with van der Waals surface area (Å²) in [6.45, 7) is 6.02. The zero-order chi connectivity index (χ0) is 11.8. The molecule has 5 heteroatoms. The second-order valence-corrected chi connectivity index (χ2v) is 4.70. The van der Waals surface area contributed by atoms with Crippen molar-refractivity contribution in [3.05, 3.63) is 16.1 Å². The molecule has 0 aliphatic carbocycles. The normalized spacial score (nSPS) is 10.4. The highest BCUT2D eigenvalue weighted by Crippen LogP contribution is 2.07. The van der Waals surface area contributed by atoms with Crippen LogP contribution in [0.2, 0.25) is 0 Å². The van der Waals surface area contributed by atoms with Crippen LogP contribution in [0.4, 0.5) is 0 Å². The van der Waals surface area contributed by atoms with Gasteiger partial charge in [0.1, 0.15) is 0 Å². The maximum atomic E-state index is 11.3. The highest BCUT2D eigenvalue weighted by molar-refractivity contribution is 7.09. The minimum Gasteiger partial charge on any atom is -0.355 e. The van der Waals surface area contributed by atoms with Crippen molar-refractivity contribution in [3.63, 3.8) is 0 Å². The quantitative estimate of drug-likeness (QED) is 0.703. The molecule has 0 atom stereocenters. The Hall–Kier alpha value is -0.940. The van der Waals surface area contributed by atoms with Gasteiger partial charge in [0.2, 0.25) is 5.91 Å². The summed E-state index contributed by atoms with van der Waals surface area (Å²) in [5.41, 5.74) is 1.06. The van der Waals surface area contributed by atoms with Gasteiger partial charge >= 0.3 is 0 Å². The fraction of sp³-hybridized carbons (Fsp3) is 0.636. The highest BCUT2D eigenvalue weighted by Gasteiger charge is 2.01. The van der Waals surface area contributed by atoms with E-state index in [0.29, 0.717) is 13.1 Å². The third-order valence-corrected chi connectivity index (χ3v) is 2.90. The number of amides is 1. The van der Waals surface area contributed by atoms with Crippen LogP contribution in [-0.4, -0.2) is 30.5 Å². The van der Waals surface area contributed by atoms with Crippen molar-refractivity contribution in [3.8, 4) is 0 Å². The number of aromatic nitrogens is 1. The molecule has 0 aliphatic rings. The number of hydrogen-bond acceptors (Lipinski definition) is 4. The van der Waals surface area contributed by atoms with Crippen molar-refractivity contribution in [2.75, 3.05) is 19.6 Å². The van der Waals surface area contributed by atoms with Gasteiger partial charge in [0.25, 0.3) is 0 Å². The zero-order valence-corrected chi connectivity index (χ0v) is 10.7. The van der Waals surface area contributed by atoms with E-state index < -0.39 is 0 Å². The van der Waals surface area contributed by atoms with E-state index >= 15 is 0 Å². The standard InChI is InChI=1S/C11H19N3OS/c1-3-5-12-7-11(15)13-6-4-10-8-16-9(2)14-10/h8,12H,3-7H2,1-2H3,(H,13,15). The predicted octanol–water partition coefficient (Wildman–Crippen LogP) is 1.11. The topological polar surface area (TPSA) is 54.0 Å². The maximum absolute atomic E-state index is 11.3. The second-order valence-electron chi connectivity index (χ2n) is 3.63. The lowest BCUT2D eigenvalue weighted by atomic mass is 10.3. The Morgan fingerprint density at radius 3 is 2.94 bits per heavy atom. The van der Waals surface area contributed by atoms with E-state index in [4.69, 9.17) is 0 Å². The molecular formula is C11H19N3OS. The molecular weight excluding hydrogens is 222 g/mol. The number of thiazole rings is 1. The molecule has 90 valence electrons. The Balaban J connectivity index is 2.08. The minimum absolute atomic E-state index is 0.0559. The summed E-state index contributed by atoms with van der Waals surface area (Å²) in [5, 5.41) is 9.04. The van der Waals surface area contributed by atoms with Crippen LogP contribution >= 0.6 is 11.3 Å². The SMILES string of the molecule is CCCNCC(=O)NCCc1csc(C)n1. The first-order valence-electron chi connectivity index (χ1n) is 5.60. The van der Waals surface area contributed by atoms with Gasteiger partial charge in [-0.25, -0.2) is 4.98 Å². The molecule has 0 aromatic carbocycles. The molecule has 2 N–H and O–H groups in total. The summed E-state index contributed by atoms with van der Waals surface area (Å²) in [5.74, 6) is 0.0559. The summed E-state index contributed by atoms with van der Waals surface area (Å²) in [4.78, 5) is 15.7. The van der Waals surface area contributed by atoms with Crippen molar-refractivity contribution < 1.29 is 4.79 Å². The summed E-state index contributed by atoms with van der Waals surface area (Å²) in [6.07, 6.45) is 1.86. The van der Waals surface area contributed by atoms with Crippen LogP contribution in [0.1, 0.15) is 24.0 Å². The molecule has 0 aliphatic heterocycles. The summed E-state index contributed by atoms with van der Waals surface area (Å²) in [7, 11) is 0.